The molecule has 128 valence electrons. The van der Waals surface area contributed by atoms with Crippen molar-refractivity contribution >= 4 is 29.5 Å². The molecule has 3 rings (SSSR count). The standard InChI is InChI=1S/C16H19N3O4S/c1-16(2)11(15(22)23)19-13(21)10(14(19)24-16)18-12(20)9(17)8-6-4-3-5-7-8/h3-7,9-11,14H,17H2,1-2H3,(H,18,20)(H,22,23)/t9?,10-,11+,14-/m0/s1. The van der Waals surface area contributed by atoms with Gasteiger partial charge in [-0.05, 0) is 19.4 Å². The number of carbonyl (C=O) groups excluding carboxylic acids is 2. The second-order valence-corrected chi connectivity index (χ2v) is 8.24. The third-order valence-electron chi connectivity index (χ3n) is 4.41. The normalized spacial score (nSPS) is 28.7. The Labute approximate surface area is 143 Å². The number of hydrogen-bond donors (Lipinski definition) is 3. The number of fused-ring (bicyclic) bond motifs is 1. The summed E-state index contributed by atoms with van der Waals surface area (Å²) < 4.78 is -0.618. The molecule has 2 saturated heterocycles. The van der Waals surface area contributed by atoms with E-state index in [9.17, 15) is 19.5 Å². The molecule has 0 aromatic heterocycles. The van der Waals surface area contributed by atoms with Crippen LogP contribution in [0, 0.1) is 0 Å². The number of amides is 2. The van der Waals surface area contributed by atoms with E-state index >= 15 is 0 Å². The molecule has 8 heteroatoms. The molecule has 0 bridgehead atoms. The van der Waals surface area contributed by atoms with Crippen LogP contribution in [0.15, 0.2) is 30.3 Å². The number of rotatable bonds is 4. The Morgan fingerprint density at radius 2 is 1.96 bits per heavy atom. The summed E-state index contributed by atoms with van der Waals surface area (Å²) in [6.07, 6.45) is 0. The third-order valence-corrected chi connectivity index (χ3v) is 5.99. The number of carboxylic acids is 1. The number of benzene rings is 1. The molecule has 0 aliphatic carbocycles. The quantitative estimate of drug-likeness (QED) is 0.675. The van der Waals surface area contributed by atoms with Crippen molar-refractivity contribution in [3.8, 4) is 0 Å². The highest BCUT2D eigenvalue weighted by atomic mass is 32.2. The van der Waals surface area contributed by atoms with Crippen LogP contribution in [0.3, 0.4) is 0 Å². The summed E-state index contributed by atoms with van der Waals surface area (Å²) in [5.41, 5.74) is 6.59. The number of nitrogens with one attached hydrogen (secondary N) is 1. The molecule has 0 saturated carbocycles. The summed E-state index contributed by atoms with van der Waals surface area (Å²) in [5.74, 6) is -1.86. The molecule has 2 amide bonds. The molecular formula is C16H19N3O4S. The van der Waals surface area contributed by atoms with Crippen molar-refractivity contribution in [1.29, 1.82) is 0 Å². The fourth-order valence-corrected chi connectivity index (χ4v) is 4.83. The zero-order valence-electron chi connectivity index (χ0n) is 13.3. The molecule has 1 aromatic carbocycles. The monoisotopic (exact) mass is 349 g/mol. The molecule has 4 N–H and O–H groups in total. The maximum absolute atomic E-state index is 12.3. The molecule has 2 aliphatic rings. The molecular weight excluding hydrogens is 330 g/mol. The van der Waals surface area contributed by atoms with E-state index in [2.05, 4.69) is 5.32 Å². The van der Waals surface area contributed by atoms with Crippen LogP contribution in [0.25, 0.3) is 0 Å². The first-order valence-electron chi connectivity index (χ1n) is 7.58. The number of aliphatic carboxylic acids is 1. The Kier molecular flexibility index (Phi) is 4.05. The number of carboxylic acid groups (broad SMARTS) is 1. The number of hydrogen-bond acceptors (Lipinski definition) is 5. The van der Waals surface area contributed by atoms with Crippen LogP contribution in [-0.4, -0.2) is 50.0 Å². The fraction of sp³-hybridized carbons (Fsp3) is 0.438. The van der Waals surface area contributed by atoms with Gasteiger partial charge in [0.25, 0.3) is 0 Å². The van der Waals surface area contributed by atoms with Gasteiger partial charge in [0.05, 0.1) is 0 Å². The second kappa shape index (κ2) is 5.78. The Bertz CT molecular complexity index is 694. The predicted octanol–water partition coefficient (Wildman–Crippen LogP) is 0.318. The summed E-state index contributed by atoms with van der Waals surface area (Å²) in [6, 6.07) is 6.38. The SMILES string of the molecule is CC1(C)S[C@H]2[C@@H](NC(=O)C(N)c3ccccc3)C(=O)N2[C@@H]1C(=O)O. The van der Waals surface area contributed by atoms with Crippen LogP contribution < -0.4 is 11.1 Å². The zero-order valence-corrected chi connectivity index (χ0v) is 14.1. The van der Waals surface area contributed by atoms with Crippen LogP contribution in [0.1, 0.15) is 25.5 Å². The van der Waals surface area contributed by atoms with Crippen LogP contribution in [0.2, 0.25) is 0 Å². The van der Waals surface area contributed by atoms with E-state index in [0.29, 0.717) is 5.56 Å². The van der Waals surface area contributed by atoms with Gasteiger partial charge in [-0.1, -0.05) is 30.3 Å². The van der Waals surface area contributed by atoms with E-state index in [1.54, 1.807) is 38.1 Å². The highest BCUT2D eigenvalue weighted by Crippen LogP contribution is 2.50. The molecule has 24 heavy (non-hydrogen) atoms. The minimum Gasteiger partial charge on any atom is -0.480 e. The molecule has 4 atom stereocenters. The number of nitrogens with two attached hydrogens (primary N) is 1. The van der Waals surface area contributed by atoms with Gasteiger partial charge < -0.3 is 21.1 Å². The lowest BCUT2D eigenvalue weighted by molar-refractivity contribution is -0.161. The van der Waals surface area contributed by atoms with Gasteiger partial charge in [-0.2, -0.15) is 0 Å². The number of thioether (sulfide) groups is 1. The average Bonchev–Trinajstić information content (AvgIpc) is 2.80. The van der Waals surface area contributed by atoms with Crippen molar-refractivity contribution in [2.24, 2.45) is 5.73 Å². The molecule has 2 fully saturated rings. The first-order chi connectivity index (χ1) is 11.2. The van der Waals surface area contributed by atoms with Crippen molar-refractivity contribution in [2.75, 3.05) is 0 Å². The van der Waals surface area contributed by atoms with Crippen LogP contribution in [-0.2, 0) is 14.4 Å². The summed E-state index contributed by atoms with van der Waals surface area (Å²) in [4.78, 5) is 37.5. The Morgan fingerprint density at radius 3 is 2.54 bits per heavy atom. The topological polar surface area (TPSA) is 113 Å². The van der Waals surface area contributed by atoms with Gasteiger partial charge in [0.15, 0.2) is 0 Å². The van der Waals surface area contributed by atoms with Crippen molar-refractivity contribution in [3.63, 3.8) is 0 Å². The van der Waals surface area contributed by atoms with E-state index in [0.717, 1.165) is 0 Å². The van der Waals surface area contributed by atoms with Crippen LogP contribution >= 0.6 is 11.8 Å². The van der Waals surface area contributed by atoms with Gasteiger partial charge in [-0.25, -0.2) is 4.79 Å². The zero-order chi connectivity index (χ0) is 17.6. The van der Waals surface area contributed by atoms with Gasteiger partial charge in [0, 0.05) is 4.75 Å². The lowest BCUT2D eigenvalue weighted by atomic mass is 9.95. The first-order valence-corrected chi connectivity index (χ1v) is 8.45. The molecule has 2 heterocycles. The largest absolute Gasteiger partial charge is 0.480 e. The van der Waals surface area contributed by atoms with Crippen LogP contribution in [0.4, 0.5) is 0 Å². The van der Waals surface area contributed by atoms with E-state index < -0.39 is 34.7 Å². The Morgan fingerprint density at radius 1 is 1.33 bits per heavy atom. The average molecular weight is 349 g/mol. The molecule has 7 nitrogen and oxygen atoms in total. The predicted molar refractivity (Wildman–Crippen MR) is 89.0 cm³/mol. The van der Waals surface area contributed by atoms with Crippen molar-refractivity contribution in [3.05, 3.63) is 35.9 Å². The Balaban J connectivity index is 1.71. The third kappa shape index (κ3) is 2.55. The van der Waals surface area contributed by atoms with Gasteiger partial charge >= 0.3 is 5.97 Å². The first kappa shape index (κ1) is 16.8. The van der Waals surface area contributed by atoms with E-state index in [1.165, 1.54) is 16.7 Å². The molecule has 1 aromatic rings. The summed E-state index contributed by atoms with van der Waals surface area (Å²) in [5, 5.41) is 11.7. The molecule has 2 aliphatic heterocycles. The molecule has 1 unspecified atom stereocenters. The van der Waals surface area contributed by atoms with Crippen molar-refractivity contribution in [2.45, 2.75) is 42.1 Å². The Hall–Kier alpha value is -2.06. The smallest absolute Gasteiger partial charge is 0.327 e. The second-order valence-electron chi connectivity index (χ2n) is 6.47. The summed E-state index contributed by atoms with van der Waals surface area (Å²) in [7, 11) is 0. The van der Waals surface area contributed by atoms with Gasteiger partial charge in [0.1, 0.15) is 23.5 Å². The van der Waals surface area contributed by atoms with E-state index in [-0.39, 0.29) is 11.3 Å². The van der Waals surface area contributed by atoms with Gasteiger partial charge in [-0.3, -0.25) is 9.59 Å². The van der Waals surface area contributed by atoms with Crippen molar-refractivity contribution < 1.29 is 19.5 Å². The summed E-state index contributed by atoms with van der Waals surface area (Å²) in [6.45, 7) is 3.58. The van der Waals surface area contributed by atoms with Gasteiger partial charge in [0.2, 0.25) is 11.8 Å². The van der Waals surface area contributed by atoms with Gasteiger partial charge in [-0.15, -0.1) is 11.8 Å². The lowest BCUT2D eigenvalue weighted by Crippen LogP contribution is -2.71. The fourth-order valence-electron chi connectivity index (χ4n) is 3.20. The highest BCUT2D eigenvalue weighted by molar-refractivity contribution is 8.01. The maximum atomic E-state index is 12.3. The van der Waals surface area contributed by atoms with Crippen LogP contribution in [0.5, 0.6) is 0 Å². The summed E-state index contributed by atoms with van der Waals surface area (Å²) >= 11 is 1.38. The number of carbonyl (C=O) groups is 3. The van der Waals surface area contributed by atoms with E-state index in [1.807, 2.05) is 6.07 Å². The van der Waals surface area contributed by atoms with Crippen molar-refractivity contribution in [1.82, 2.24) is 10.2 Å². The molecule has 0 spiro atoms. The maximum Gasteiger partial charge on any atom is 0.327 e. The minimum atomic E-state index is -1.03. The highest BCUT2D eigenvalue weighted by Gasteiger charge is 2.64. The number of β-lactam (4-membered cyclic amide) rings is 1. The minimum absolute atomic E-state index is 0.375. The van der Waals surface area contributed by atoms with E-state index in [4.69, 9.17) is 5.73 Å². The molecule has 0 radical (unpaired) electrons. The lowest BCUT2D eigenvalue weighted by Gasteiger charge is -2.43. The number of nitrogens with zero attached hydrogens (tertiary/aromatic N) is 1.